The van der Waals surface area contributed by atoms with E-state index in [1.54, 1.807) is 0 Å². The second-order valence-corrected chi connectivity index (χ2v) is 7.81. The zero-order chi connectivity index (χ0) is 20.2. The molecule has 0 saturated carbocycles. The summed E-state index contributed by atoms with van der Waals surface area (Å²) in [5.41, 5.74) is 2.23. The molecule has 0 aliphatic carbocycles. The van der Waals surface area contributed by atoms with Gasteiger partial charge < -0.3 is 19.8 Å². The average molecular weight is 396 g/mol. The fraction of sp³-hybridized carbons (Fsp3) is 0.435. The van der Waals surface area contributed by atoms with E-state index in [9.17, 15) is 10.2 Å². The van der Waals surface area contributed by atoms with Gasteiger partial charge in [-0.1, -0.05) is 18.2 Å². The predicted octanol–water partition coefficient (Wildman–Crippen LogP) is 2.92. The maximum Gasteiger partial charge on any atom is 0.120 e. The van der Waals surface area contributed by atoms with Crippen LogP contribution in [0.3, 0.4) is 0 Å². The highest BCUT2D eigenvalue weighted by Crippen LogP contribution is 2.27. The van der Waals surface area contributed by atoms with Crippen molar-refractivity contribution in [3.8, 4) is 16.9 Å². The summed E-state index contributed by atoms with van der Waals surface area (Å²) in [6.07, 6.45) is 4.75. The molecule has 0 bridgehead atoms. The van der Waals surface area contributed by atoms with Gasteiger partial charge in [-0.15, -0.1) is 0 Å². The van der Waals surface area contributed by atoms with Crippen molar-refractivity contribution in [3.63, 3.8) is 0 Å². The van der Waals surface area contributed by atoms with Crippen molar-refractivity contribution in [2.24, 2.45) is 0 Å². The van der Waals surface area contributed by atoms with E-state index in [0.717, 1.165) is 60.1 Å². The number of piperidine rings is 1. The zero-order valence-corrected chi connectivity index (χ0v) is 16.9. The first kappa shape index (κ1) is 19.9. The van der Waals surface area contributed by atoms with Crippen molar-refractivity contribution in [1.82, 2.24) is 14.7 Å². The Labute approximate surface area is 171 Å². The van der Waals surface area contributed by atoms with Crippen molar-refractivity contribution in [1.29, 1.82) is 0 Å². The smallest absolute Gasteiger partial charge is 0.120 e. The molecule has 1 atom stereocenters. The lowest BCUT2D eigenvalue weighted by atomic mass is 10.0. The van der Waals surface area contributed by atoms with Crippen molar-refractivity contribution in [2.75, 3.05) is 26.2 Å². The van der Waals surface area contributed by atoms with Gasteiger partial charge in [0.15, 0.2) is 0 Å². The van der Waals surface area contributed by atoms with Gasteiger partial charge in [-0.3, -0.25) is 4.68 Å². The fourth-order valence-corrected chi connectivity index (χ4v) is 3.82. The molecule has 6 nitrogen and oxygen atoms in total. The number of benzene rings is 2. The summed E-state index contributed by atoms with van der Waals surface area (Å²) in [6, 6.07) is 12.4. The lowest BCUT2D eigenvalue weighted by molar-refractivity contribution is 0.0338. The van der Waals surface area contributed by atoms with Gasteiger partial charge in [-0.25, -0.2) is 0 Å². The number of fused-ring (bicyclic) bond motifs is 1. The normalized spacial score (nSPS) is 16.9. The first-order valence-corrected chi connectivity index (χ1v) is 10.4. The first-order valence-electron chi connectivity index (χ1n) is 10.4. The van der Waals surface area contributed by atoms with Crippen LogP contribution in [0.25, 0.3) is 21.9 Å². The fourth-order valence-electron chi connectivity index (χ4n) is 3.82. The van der Waals surface area contributed by atoms with Crippen LogP contribution in [0.5, 0.6) is 5.75 Å². The number of rotatable bonds is 7. The minimum atomic E-state index is -0.549. The summed E-state index contributed by atoms with van der Waals surface area (Å²) in [5.74, 6) is 0.756. The molecule has 1 fully saturated rings. The van der Waals surface area contributed by atoms with E-state index in [1.807, 2.05) is 29.1 Å². The van der Waals surface area contributed by atoms with Gasteiger partial charge in [0.05, 0.1) is 12.3 Å². The number of nitrogens with zero attached hydrogens (tertiary/aromatic N) is 3. The molecule has 1 aliphatic heterocycles. The highest BCUT2D eigenvalue weighted by atomic mass is 16.5. The molecule has 1 aromatic heterocycles. The van der Waals surface area contributed by atoms with Crippen LogP contribution in [0, 0.1) is 0 Å². The zero-order valence-electron chi connectivity index (χ0n) is 16.9. The Morgan fingerprint density at radius 2 is 1.90 bits per heavy atom. The number of hydrogen-bond acceptors (Lipinski definition) is 5. The van der Waals surface area contributed by atoms with E-state index in [-0.39, 0.29) is 12.7 Å². The highest BCUT2D eigenvalue weighted by Gasteiger charge is 2.19. The molecule has 154 valence electrons. The van der Waals surface area contributed by atoms with E-state index in [2.05, 4.69) is 41.3 Å². The van der Waals surface area contributed by atoms with Crippen LogP contribution in [0.2, 0.25) is 0 Å². The van der Waals surface area contributed by atoms with Crippen molar-refractivity contribution in [3.05, 3.63) is 48.8 Å². The first-order chi connectivity index (χ1) is 14.1. The molecule has 1 saturated heterocycles. The lowest BCUT2D eigenvalue weighted by Crippen LogP contribution is -2.41. The summed E-state index contributed by atoms with van der Waals surface area (Å²) in [4.78, 5) is 2.18. The molecular formula is C23H29N3O3. The molecule has 1 aliphatic rings. The van der Waals surface area contributed by atoms with E-state index in [4.69, 9.17) is 4.74 Å². The van der Waals surface area contributed by atoms with Gasteiger partial charge in [0.1, 0.15) is 18.5 Å². The Kier molecular flexibility index (Phi) is 6.13. The number of β-amino-alcohol motifs (C(OH)–C–C–N with tert-alkyl or cyclic N) is 1. The van der Waals surface area contributed by atoms with Crippen LogP contribution in [0.15, 0.2) is 48.8 Å². The Balaban J connectivity index is 1.40. The number of hydrogen-bond donors (Lipinski definition) is 2. The lowest BCUT2D eigenvalue weighted by Gasteiger charge is -2.30. The van der Waals surface area contributed by atoms with Gasteiger partial charge in [-0.05, 0) is 54.3 Å². The van der Waals surface area contributed by atoms with E-state index < -0.39 is 6.10 Å². The molecule has 2 aromatic carbocycles. The second-order valence-electron chi connectivity index (χ2n) is 7.81. The average Bonchev–Trinajstić information content (AvgIpc) is 3.23. The minimum absolute atomic E-state index is 0.196. The quantitative estimate of drug-likeness (QED) is 0.644. The van der Waals surface area contributed by atoms with Crippen LogP contribution in [0.1, 0.15) is 19.8 Å². The summed E-state index contributed by atoms with van der Waals surface area (Å²) >= 11 is 0. The maximum absolute atomic E-state index is 10.3. The van der Waals surface area contributed by atoms with Crippen LogP contribution < -0.4 is 4.74 Å². The Hall–Kier alpha value is -2.41. The maximum atomic E-state index is 10.3. The van der Waals surface area contributed by atoms with Crippen molar-refractivity contribution < 1.29 is 14.9 Å². The van der Waals surface area contributed by atoms with Crippen molar-refractivity contribution in [2.45, 2.75) is 38.5 Å². The number of aliphatic hydroxyl groups excluding tert-OH is 2. The van der Waals surface area contributed by atoms with Crippen LogP contribution in [-0.2, 0) is 6.54 Å². The molecule has 0 radical (unpaired) electrons. The predicted molar refractivity (Wildman–Crippen MR) is 114 cm³/mol. The SMILES string of the molecule is CCn1cc(-c2ccc3ccc(OCC(O)CN4CCC(O)CC4)cc3c2)cn1. The van der Waals surface area contributed by atoms with Gasteiger partial charge in [0.2, 0.25) is 0 Å². The largest absolute Gasteiger partial charge is 0.491 e. The summed E-state index contributed by atoms with van der Waals surface area (Å²) in [6.45, 7) is 5.41. The molecule has 3 aromatic rings. The number of aliphatic hydroxyl groups is 2. The van der Waals surface area contributed by atoms with Crippen LogP contribution >= 0.6 is 0 Å². The number of aryl methyl sites for hydroxylation is 1. The van der Waals surface area contributed by atoms with E-state index >= 15 is 0 Å². The Bertz CT molecular complexity index is 947. The van der Waals surface area contributed by atoms with Crippen LogP contribution in [-0.4, -0.2) is 63.3 Å². The van der Waals surface area contributed by atoms with Gasteiger partial charge >= 0.3 is 0 Å². The summed E-state index contributed by atoms with van der Waals surface area (Å²) in [7, 11) is 0. The molecule has 4 rings (SSSR count). The highest BCUT2D eigenvalue weighted by molar-refractivity contribution is 5.88. The molecule has 2 heterocycles. The molecule has 0 spiro atoms. The van der Waals surface area contributed by atoms with Gasteiger partial charge in [0, 0.05) is 37.9 Å². The second kappa shape index (κ2) is 8.95. The topological polar surface area (TPSA) is 70.8 Å². The van der Waals surface area contributed by atoms with Crippen LogP contribution in [0.4, 0.5) is 0 Å². The number of likely N-dealkylation sites (tertiary alicyclic amines) is 1. The third-order valence-corrected chi connectivity index (χ3v) is 5.57. The van der Waals surface area contributed by atoms with Gasteiger partial charge in [-0.2, -0.15) is 5.10 Å². The van der Waals surface area contributed by atoms with E-state index in [0.29, 0.717) is 6.54 Å². The molecule has 1 unspecified atom stereocenters. The Morgan fingerprint density at radius 3 is 2.66 bits per heavy atom. The monoisotopic (exact) mass is 395 g/mol. The molecule has 6 heteroatoms. The van der Waals surface area contributed by atoms with Gasteiger partial charge in [0.25, 0.3) is 0 Å². The summed E-state index contributed by atoms with van der Waals surface area (Å²) < 4.78 is 7.78. The number of aromatic nitrogens is 2. The van der Waals surface area contributed by atoms with E-state index in [1.165, 1.54) is 0 Å². The third-order valence-electron chi connectivity index (χ3n) is 5.57. The standard InChI is InChI=1S/C23H29N3O3/c1-2-26-14-20(13-24-26)18-4-3-17-5-6-23(12-19(17)11-18)29-16-22(28)15-25-9-7-21(27)8-10-25/h3-6,11-14,21-22,27-28H,2,7-10,15-16H2,1H3. The molecule has 29 heavy (non-hydrogen) atoms. The Morgan fingerprint density at radius 1 is 1.10 bits per heavy atom. The summed E-state index contributed by atoms with van der Waals surface area (Å²) in [5, 5.41) is 26.5. The molecule has 2 N–H and O–H groups in total. The third kappa shape index (κ3) is 4.96. The molecule has 0 amide bonds. The van der Waals surface area contributed by atoms with Crippen molar-refractivity contribution >= 4 is 10.8 Å². The number of ether oxygens (including phenoxy) is 1. The minimum Gasteiger partial charge on any atom is -0.491 e. The molecular weight excluding hydrogens is 366 g/mol.